The molecule has 0 fully saturated rings. The SMILES string of the molecule is C[C@H]1CC(C(F)(F)F)Cn2cc(C(=O)O)nc21. The number of imidazole rings is 1. The second kappa shape index (κ2) is 3.75. The van der Waals surface area contributed by atoms with E-state index in [2.05, 4.69) is 4.98 Å². The molecule has 17 heavy (non-hydrogen) atoms. The zero-order valence-corrected chi connectivity index (χ0v) is 9.03. The van der Waals surface area contributed by atoms with Crippen LogP contribution in [0.1, 0.15) is 35.6 Å². The average Bonchev–Trinajstić information content (AvgIpc) is 2.60. The molecule has 2 heterocycles. The molecule has 0 amide bonds. The van der Waals surface area contributed by atoms with E-state index in [1.165, 1.54) is 10.8 Å². The Hall–Kier alpha value is -1.53. The van der Waals surface area contributed by atoms with E-state index in [-0.39, 0.29) is 24.6 Å². The fraction of sp³-hybridized carbons (Fsp3) is 0.600. The lowest BCUT2D eigenvalue weighted by Gasteiger charge is -2.29. The molecule has 0 aliphatic carbocycles. The van der Waals surface area contributed by atoms with Crippen LogP contribution in [-0.4, -0.2) is 26.8 Å². The minimum Gasteiger partial charge on any atom is -0.476 e. The third-order valence-corrected chi connectivity index (χ3v) is 2.99. The molecule has 1 N–H and O–H groups in total. The zero-order valence-electron chi connectivity index (χ0n) is 9.03. The first-order chi connectivity index (χ1) is 7.79. The third-order valence-electron chi connectivity index (χ3n) is 2.99. The van der Waals surface area contributed by atoms with Gasteiger partial charge in [0.1, 0.15) is 5.82 Å². The van der Waals surface area contributed by atoms with Crippen molar-refractivity contribution in [2.24, 2.45) is 5.92 Å². The van der Waals surface area contributed by atoms with Crippen LogP contribution in [-0.2, 0) is 6.54 Å². The maximum absolute atomic E-state index is 12.6. The molecule has 1 aromatic heterocycles. The van der Waals surface area contributed by atoms with Crippen molar-refractivity contribution in [3.05, 3.63) is 17.7 Å². The molecule has 2 atom stereocenters. The first-order valence-electron chi connectivity index (χ1n) is 5.16. The fourth-order valence-corrected chi connectivity index (χ4v) is 2.15. The Balaban J connectivity index is 2.33. The number of rotatable bonds is 1. The minimum atomic E-state index is -4.25. The van der Waals surface area contributed by atoms with Gasteiger partial charge >= 0.3 is 12.1 Å². The Kier molecular flexibility index (Phi) is 2.63. The predicted octanol–water partition coefficient (Wildman–Crippen LogP) is 2.27. The molecule has 0 saturated heterocycles. The van der Waals surface area contributed by atoms with Crippen molar-refractivity contribution in [2.75, 3.05) is 0 Å². The van der Waals surface area contributed by atoms with Crippen LogP contribution < -0.4 is 0 Å². The van der Waals surface area contributed by atoms with Crippen molar-refractivity contribution in [3.8, 4) is 0 Å². The van der Waals surface area contributed by atoms with Crippen molar-refractivity contribution in [3.63, 3.8) is 0 Å². The average molecular weight is 248 g/mol. The Bertz CT molecular complexity index is 453. The molecule has 7 heteroatoms. The summed E-state index contributed by atoms with van der Waals surface area (Å²) in [5.74, 6) is -2.62. The maximum atomic E-state index is 12.6. The molecule has 1 aliphatic heterocycles. The van der Waals surface area contributed by atoms with Crippen LogP contribution in [0.5, 0.6) is 0 Å². The molecule has 1 aliphatic rings. The standard InChI is InChI=1S/C10H11F3N2O2/c1-5-2-6(10(11,12)13)3-15-4-7(9(16)17)14-8(5)15/h4-6H,2-3H2,1H3,(H,16,17)/t5-,6?/m0/s1. The summed E-state index contributed by atoms with van der Waals surface area (Å²) in [7, 11) is 0. The molecular weight excluding hydrogens is 237 g/mol. The number of alkyl halides is 3. The summed E-state index contributed by atoms with van der Waals surface area (Å²) in [6, 6.07) is 0. The van der Waals surface area contributed by atoms with Gasteiger partial charge in [-0.3, -0.25) is 0 Å². The monoisotopic (exact) mass is 248 g/mol. The van der Waals surface area contributed by atoms with Gasteiger partial charge in [0.15, 0.2) is 5.69 Å². The van der Waals surface area contributed by atoms with E-state index in [1.54, 1.807) is 6.92 Å². The molecular formula is C10H11F3N2O2. The molecule has 0 saturated carbocycles. The summed E-state index contributed by atoms with van der Waals surface area (Å²) in [5, 5.41) is 8.75. The summed E-state index contributed by atoms with van der Waals surface area (Å²) >= 11 is 0. The van der Waals surface area contributed by atoms with E-state index in [9.17, 15) is 18.0 Å². The van der Waals surface area contributed by atoms with E-state index in [1.807, 2.05) is 0 Å². The summed E-state index contributed by atoms with van der Waals surface area (Å²) in [6.07, 6.45) is -3.12. The van der Waals surface area contributed by atoms with Gasteiger partial charge in [-0.1, -0.05) is 6.92 Å². The number of carbonyl (C=O) groups is 1. The molecule has 0 aromatic carbocycles. The Morgan fingerprint density at radius 2 is 2.24 bits per heavy atom. The molecule has 0 radical (unpaired) electrons. The van der Waals surface area contributed by atoms with Crippen molar-refractivity contribution in [1.82, 2.24) is 9.55 Å². The summed E-state index contributed by atoms with van der Waals surface area (Å²) in [6.45, 7) is 1.38. The number of hydrogen-bond donors (Lipinski definition) is 1. The van der Waals surface area contributed by atoms with E-state index in [0.29, 0.717) is 5.82 Å². The Morgan fingerprint density at radius 1 is 1.59 bits per heavy atom. The first-order valence-corrected chi connectivity index (χ1v) is 5.16. The zero-order chi connectivity index (χ0) is 12.8. The van der Waals surface area contributed by atoms with Gasteiger partial charge in [-0.2, -0.15) is 13.2 Å². The van der Waals surface area contributed by atoms with Gasteiger partial charge in [0.2, 0.25) is 0 Å². The summed E-state index contributed by atoms with van der Waals surface area (Å²) in [4.78, 5) is 14.5. The number of aromatic carboxylic acids is 1. The lowest BCUT2D eigenvalue weighted by molar-refractivity contribution is -0.183. The van der Waals surface area contributed by atoms with Crippen LogP contribution in [0.3, 0.4) is 0 Å². The van der Waals surface area contributed by atoms with Gasteiger partial charge in [-0.15, -0.1) is 0 Å². The first kappa shape index (κ1) is 11.9. The quantitative estimate of drug-likeness (QED) is 0.829. The van der Waals surface area contributed by atoms with Crippen LogP contribution in [0.4, 0.5) is 13.2 Å². The van der Waals surface area contributed by atoms with E-state index >= 15 is 0 Å². The van der Waals surface area contributed by atoms with E-state index in [0.717, 1.165) is 0 Å². The lowest BCUT2D eigenvalue weighted by Crippen LogP contribution is -2.33. The van der Waals surface area contributed by atoms with Crippen molar-refractivity contribution < 1.29 is 23.1 Å². The lowest BCUT2D eigenvalue weighted by atomic mass is 9.91. The number of carboxylic acids is 1. The molecule has 4 nitrogen and oxygen atoms in total. The minimum absolute atomic E-state index is 0.0421. The normalized spacial score (nSPS) is 24.5. The molecule has 0 spiro atoms. The highest BCUT2D eigenvalue weighted by molar-refractivity contribution is 5.85. The Morgan fingerprint density at radius 3 is 2.76 bits per heavy atom. The summed E-state index contributed by atoms with van der Waals surface area (Å²) < 4.78 is 39.2. The number of carboxylic acid groups (broad SMARTS) is 1. The van der Waals surface area contributed by atoms with Crippen LogP contribution in [0, 0.1) is 5.92 Å². The molecule has 1 aromatic rings. The van der Waals surface area contributed by atoms with Gasteiger partial charge in [-0.05, 0) is 6.42 Å². The van der Waals surface area contributed by atoms with Crippen LogP contribution >= 0.6 is 0 Å². The largest absolute Gasteiger partial charge is 0.476 e. The highest BCUT2D eigenvalue weighted by Crippen LogP contribution is 2.39. The van der Waals surface area contributed by atoms with Crippen molar-refractivity contribution in [2.45, 2.75) is 32.0 Å². The van der Waals surface area contributed by atoms with Crippen LogP contribution in [0.15, 0.2) is 6.20 Å². The van der Waals surface area contributed by atoms with E-state index in [4.69, 9.17) is 5.11 Å². The second-order valence-electron chi connectivity index (χ2n) is 4.32. The Labute approximate surface area is 95.1 Å². The highest BCUT2D eigenvalue weighted by atomic mass is 19.4. The fourth-order valence-electron chi connectivity index (χ4n) is 2.15. The van der Waals surface area contributed by atoms with Gasteiger partial charge in [-0.25, -0.2) is 9.78 Å². The number of hydrogen-bond acceptors (Lipinski definition) is 2. The van der Waals surface area contributed by atoms with Crippen LogP contribution in [0.25, 0.3) is 0 Å². The summed E-state index contributed by atoms with van der Waals surface area (Å²) in [5.41, 5.74) is -0.199. The van der Waals surface area contributed by atoms with E-state index < -0.39 is 18.1 Å². The number of fused-ring (bicyclic) bond motifs is 1. The second-order valence-corrected chi connectivity index (χ2v) is 4.32. The van der Waals surface area contributed by atoms with Gasteiger partial charge in [0.05, 0.1) is 5.92 Å². The predicted molar refractivity (Wildman–Crippen MR) is 51.8 cm³/mol. The van der Waals surface area contributed by atoms with Crippen molar-refractivity contribution >= 4 is 5.97 Å². The highest BCUT2D eigenvalue weighted by Gasteiger charge is 2.43. The van der Waals surface area contributed by atoms with Gasteiger partial charge in [0.25, 0.3) is 0 Å². The maximum Gasteiger partial charge on any atom is 0.393 e. The molecule has 0 bridgehead atoms. The molecule has 1 unspecified atom stereocenters. The number of halogens is 3. The topological polar surface area (TPSA) is 55.1 Å². The molecule has 2 rings (SSSR count). The van der Waals surface area contributed by atoms with Crippen molar-refractivity contribution in [1.29, 1.82) is 0 Å². The van der Waals surface area contributed by atoms with Crippen LogP contribution in [0.2, 0.25) is 0 Å². The molecule has 94 valence electrons. The number of nitrogens with zero attached hydrogens (tertiary/aromatic N) is 2. The smallest absolute Gasteiger partial charge is 0.393 e. The number of aromatic nitrogens is 2. The van der Waals surface area contributed by atoms with Gasteiger partial charge < -0.3 is 9.67 Å². The van der Waals surface area contributed by atoms with Gasteiger partial charge in [0, 0.05) is 18.7 Å². The third kappa shape index (κ3) is 2.13.